The monoisotopic (exact) mass is 438 g/mol. The van der Waals surface area contributed by atoms with Gasteiger partial charge >= 0.3 is 5.97 Å². The zero-order valence-corrected chi connectivity index (χ0v) is 18.7. The number of esters is 1. The SMILES string of the molecule is Cc1ccc(-c2ccc(Cl)cc2)c(C)c1C1=C(O)C2(CCC3(CCCO3)CC2)OC1=O. The van der Waals surface area contributed by atoms with E-state index >= 15 is 0 Å². The van der Waals surface area contributed by atoms with Gasteiger partial charge in [0.1, 0.15) is 5.57 Å². The predicted octanol–water partition coefficient (Wildman–Crippen LogP) is 6.31. The molecule has 5 heteroatoms. The molecule has 162 valence electrons. The number of hydrogen-bond acceptors (Lipinski definition) is 4. The van der Waals surface area contributed by atoms with Crippen LogP contribution >= 0.6 is 11.6 Å². The normalized spacial score (nSPS) is 28.0. The molecule has 2 aliphatic heterocycles. The molecule has 2 heterocycles. The smallest absolute Gasteiger partial charge is 0.343 e. The minimum absolute atomic E-state index is 0.0878. The number of halogens is 1. The Morgan fingerprint density at radius 1 is 0.968 bits per heavy atom. The topological polar surface area (TPSA) is 55.8 Å². The van der Waals surface area contributed by atoms with Crippen LogP contribution < -0.4 is 0 Å². The van der Waals surface area contributed by atoms with Crippen molar-refractivity contribution in [1.29, 1.82) is 0 Å². The first kappa shape index (κ1) is 20.6. The maximum Gasteiger partial charge on any atom is 0.343 e. The summed E-state index contributed by atoms with van der Waals surface area (Å²) in [5.74, 6) is -0.343. The molecule has 1 aliphatic carbocycles. The quantitative estimate of drug-likeness (QED) is 0.558. The van der Waals surface area contributed by atoms with Crippen LogP contribution in [0.25, 0.3) is 16.7 Å². The Morgan fingerprint density at radius 3 is 2.32 bits per heavy atom. The predicted molar refractivity (Wildman–Crippen MR) is 121 cm³/mol. The standard InChI is InChI=1S/C26H27ClO4/c1-16-4-9-20(18-5-7-19(27)8-6-18)17(2)21(16)22-23(28)26(31-24(22)29)13-11-25(12-14-26)10-3-15-30-25/h4-9,28H,3,10-15H2,1-2H3. The van der Waals surface area contributed by atoms with E-state index in [0.717, 1.165) is 60.1 Å². The molecule has 0 bridgehead atoms. The summed E-state index contributed by atoms with van der Waals surface area (Å²) in [4.78, 5) is 13.1. The van der Waals surface area contributed by atoms with Gasteiger partial charge in [-0.1, -0.05) is 35.9 Å². The van der Waals surface area contributed by atoms with E-state index in [4.69, 9.17) is 21.1 Å². The summed E-state index contributed by atoms with van der Waals surface area (Å²) < 4.78 is 11.9. The summed E-state index contributed by atoms with van der Waals surface area (Å²) in [6, 6.07) is 11.7. The maximum absolute atomic E-state index is 13.1. The first-order valence-electron chi connectivity index (χ1n) is 11.0. The van der Waals surface area contributed by atoms with E-state index < -0.39 is 11.6 Å². The second kappa shape index (κ2) is 7.39. The van der Waals surface area contributed by atoms with E-state index in [0.29, 0.717) is 23.4 Å². The molecule has 0 amide bonds. The van der Waals surface area contributed by atoms with Crippen molar-refractivity contribution < 1.29 is 19.4 Å². The van der Waals surface area contributed by atoms with Gasteiger partial charge in [-0.2, -0.15) is 0 Å². The third-order valence-corrected chi connectivity index (χ3v) is 7.64. The van der Waals surface area contributed by atoms with E-state index in [-0.39, 0.29) is 11.4 Å². The van der Waals surface area contributed by atoms with E-state index in [9.17, 15) is 9.90 Å². The van der Waals surface area contributed by atoms with Crippen molar-refractivity contribution in [3.05, 3.63) is 63.9 Å². The first-order valence-corrected chi connectivity index (χ1v) is 11.4. The zero-order valence-electron chi connectivity index (χ0n) is 18.0. The highest BCUT2D eigenvalue weighted by atomic mass is 35.5. The highest BCUT2D eigenvalue weighted by Crippen LogP contribution is 2.51. The Balaban J connectivity index is 1.55. The molecule has 2 aromatic rings. The van der Waals surface area contributed by atoms with Crippen molar-refractivity contribution >= 4 is 23.1 Å². The summed E-state index contributed by atoms with van der Waals surface area (Å²) in [5, 5.41) is 12.0. The fraction of sp³-hybridized carbons (Fsp3) is 0.423. The van der Waals surface area contributed by atoms with Gasteiger partial charge in [-0.3, -0.25) is 0 Å². The first-order chi connectivity index (χ1) is 14.8. The number of ether oxygens (including phenoxy) is 2. The van der Waals surface area contributed by atoms with Gasteiger partial charge in [0.05, 0.1) is 5.60 Å². The van der Waals surface area contributed by atoms with Gasteiger partial charge in [-0.05, 0) is 92.3 Å². The van der Waals surface area contributed by atoms with Crippen LogP contribution in [0.1, 0.15) is 55.2 Å². The third-order valence-electron chi connectivity index (χ3n) is 7.39. The number of benzene rings is 2. The molecule has 2 aromatic carbocycles. The third kappa shape index (κ3) is 3.28. The van der Waals surface area contributed by atoms with E-state index in [1.807, 2.05) is 50.2 Å². The van der Waals surface area contributed by atoms with E-state index in [1.54, 1.807) is 0 Å². The highest BCUT2D eigenvalue weighted by molar-refractivity contribution is 6.30. The van der Waals surface area contributed by atoms with Crippen LogP contribution in [-0.4, -0.2) is 28.9 Å². The van der Waals surface area contributed by atoms with Gasteiger partial charge < -0.3 is 14.6 Å². The van der Waals surface area contributed by atoms with Crippen molar-refractivity contribution in [3.63, 3.8) is 0 Å². The molecule has 31 heavy (non-hydrogen) atoms. The van der Waals surface area contributed by atoms with Crippen molar-refractivity contribution in [2.75, 3.05) is 6.61 Å². The molecule has 1 N–H and O–H groups in total. The molecule has 0 radical (unpaired) electrons. The summed E-state index contributed by atoms with van der Waals surface area (Å²) in [5.41, 5.74) is 3.98. The van der Waals surface area contributed by atoms with Crippen LogP contribution in [0.3, 0.4) is 0 Å². The number of hydrogen-bond donors (Lipinski definition) is 1. The lowest BCUT2D eigenvalue weighted by Gasteiger charge is -2.41. The molecule has 2 fully saturated rings. The molecule has 1 saturated heterocycles. The largest absolute Gasteiger partial charge is 0.507 e. The fourth-order valence-electron chi connectivity index (χ4n) is 5.59. The minimum atomic E-state index is -0.918. The Bertz CT molecular complexity index is 1070. The lowest BCUT2D eigenvalue weighted by molar-refractivity contribution is -0.156. The van der Waals surface area contributed by atoms with Crippen LogP contribution in [0, 0.1) is 13.8 Å². The molecule has 5 rings (SSSR count). The van der Waals surface area contributed by atoms with Crippen LogP contribution in [0.5, 0.6) is 0 Å². The Kier molecular flexibility index (Phi) is 4.91. The lowest BCUT2D eigenvalue weighted by atomic mass is 9.73. The number of rotatable bonds is 2. The van der Waals surface area contributed by atoms with Crippen LogP contribution in [-0.2, 0) is 14.3 Å². The van der Waals surface area contributed by atoms with Gasteiger partial charge in [0.15, 0.2) is 11.4 Å². The van der Waals surface area contributed by atoms with Gasteiger partial charge in [0.2, 0.25) is 0 Å². The molecule has 3 aliphatic rings. The van der Waals surface area contributed by atoms with Gasteiger partial charge in [0.25, 0.3) is 0 Å². The Morgan fingerprint density at radius 2 is 1.68 bits per heavy atom. The summed E-state index contributed by atoms with van der Waals surface area (Å²) in [7, 11) is 0. The fourth-order valence-corrected chi connectivity index (χ4v) is 5.72. The zero-order chi connectivity index (χ0) is 21.8. The Labute approximate surface area is 187 Å². The molecule has 0 aromatic heterocycles. The minimum Gasteiger partial charge on any atom is -0.507 e. The van der Waals surface area contributed by atoms with Gasteiger partial charge in [-0.25, -0.2) is 4.79 Å². The Hall–Kier alpha value is -2.30. The molecule has 0 unspecified atom stereocenters. The molecule has 1 saturated carbocycles. The average molecular weight is 439 g/mol. The number of aliphatic hydroxyl groups is 1. The second-order valence-electron chi connectivity index (χ2n) is 9.18. The molecular formula is C26H27ClO4. The van der Waals surface area contributed by atoms with Crippen molar-refractivity contribution in [2.45, 2.75) is 63.6 Å². The molecule has 0 atom stereocenters. The van der Waals surface area contributed by atoms with E-state index in [2.05, 4.69) is 0 Å². The van der Waals surface area contributed by atoms with Crippen LogP contribution in [0.15, 0.2) is 42.2 Å². The summed E-state index contributed by atoms with van der Waals surface area (Å²) in [6.45, 7) is 4.76. The number of carbonyl (C=O) groups is 1. The number of aliphatic hydroxyl groups excluding tert-OH is 1. The van der Waals surface area contributed by atoms with Crippen LogP contribution in [0.2, 0.25) is 5.02 Å². The average Bonchev–Trinajstić information content (AvgIpc) is 3.30. The summed E-state index contributed by atoms with van der Waals surface area (Å²) in [6.07, 6.45) is 4.94. The maximum atomic E-state index is 13.1. The van der Waals surface area contributed by atoms with Gasteiger partial charge in [0, 0.05) is 11.6 Å². The lowest BCUT2D eigenvalue weighted by Crippen LogP contribution is -2.44. The number of carbonyl (C=O) groups excluding carboxylic acids is 1. The van der Waals surface area contributed by atoms with Crippen molar-refractivity contribution in [3.8, 4) is 11.1 Å². The van der Waals surface area contributed by atoms with Gasteiger partial charge in [-0.15, -0.1) is 0 Å². The molecule has 4 nitrogen and oxygen atoms in total. The highest BCUT2D eigenvalue weighted by Gasteiger charge is 2.54. The molecule has 2 spiro atoms. The summed E-state index contributed by atoms with van der Waals surface area (Å²) >= 11 is 6.05. The second-order valence-corrected chi connectivity index (χ2v) is 9.62. The molecular weight excluding hydrogens is 412 g/mol. The van der Waals surface area contributed by atoms with Crippen molar-refractivity contribution in [1.82, 2.24) is 0 Å². The van der Waals surface area contributed by atoms with E-state index in [1.165, 1.54) is 0 Å². The van der Waals surface area contributed by atoms with Crippen LogP contribution in [0.4, 0.5) is 0 Å². The van der Waals surface area contributed by atoms with Crippen molar-refractivity contribution in [2.24, 2.45) is 0 Å². The number of aryl methyl sites for hydroxylation is 1.